The van der Waals surface area contributed by atoms with Crippen LogP contribution in [0.15, 0.2) is 41.0 Å². The van der Waals surface area contributed by atoms with Crippen molar-refractivity contribution in [1.82, 2.24) is 4.98 Å². The van der Waals surface area contributed by atoms with Gasteiger partial charge in [-0.1, -0.05) is 0 Å². The van der Waals surface area contributed by atoms with Gasteiger partial charge in [0.05, 0.1) is 4.47 Å². The number of rotatable bonds is 2. The van der Waals surface area contributed by atoms with E-state index in [1.807, 2.05) is 0 Å². The standard InChI is InChI=1S/C11H8BrFN2O/c12-9-5-7(13)1-2-10(9)16-11-6-8(14)3-4-15-11/h1-6H,(H2,14,15). The Morgan fingerprint density at radius 2 is 2.06 bits per heavy atom. The first-order chi connectivity index (χ1) is 7.65. The van der Waals surface area contributed by atoms with Gasteiger partial charge in [-0.25, -0.2) is 9.37 Å². The molecule has 0 aliphatic heterocycles. The van der Waals surface area contributed by atoms with Gasteiger partial charge < -0.3 is 10.5 Å². The summed E-state index contributed by atoms with van der Waals surface area (Å²) in [4.78, 5) is 3.98. The van der Waals surface area contributed by atoms with Crippen LogP contribution in [0, 0.1) is 5.82 Å². The van der Waals surface area contributed by atoms with E-state index in [4.69, 9.17) is 10.5 Å². The minimum atomic E-state index is -0.334. The first kappa shape index (κ1) is 10.9. The van der Waals surface area contributed by atoms with Crippen LogP contribution in [0.4, 0.5) is 10.1 Å². The Hall–Kier alpha value is -1.62. The van der Waals surface area contributed by atoms with Crippen LogP contribution in [0.5, 0.6) is 11.6 Å². The summed E-state index contributed by atoms with van der Waals surface area (Å²) in [5.41, 5.74) is 6.14. The molecule has 0 spiro atoms. The second-order valence-electron chi connectivity index (χ2n) is 3.10. The van der Waals surface area contributed by atoms with Gasteiger partial charge in [-0.15, -0.1) is 0 Å². The van der Waals surface area contributed by atoms with E-state index >= 15 is 0 Å². The maximum absolute atomic E-state index is 12.8. The van der Waals surface area contributed by atoms with Crippen LogP contribution in [0.1, 0.15) is 0 Å². The lowest BCUT2D eigenvalue weighted by Gasteiger charge is -2.06. The molecule has 5 heteroatoms. The van der Waals surface area contributed by atoms with E-state index in [0.717, 1.165) is 0 Å². The van der Waals surface area contributed by atoms with Crippen molar-refractivity contribution in [2.45, 2.75) is 0 Å². The van der Waals surface area contributed by atoms with Crippen LogP contribution in [0.25, 0.3) is 0 Å². The lowest BCUT2D eigenvalue weighted by atomic mass is 10.3. The molecule has 0 saturated carbocycles. The van der Waals surface area contributed by atoms with E-state index in [-0.39, 0.29) is 5.82 Å². The number of aromatic nitrogens is 1. The molecule has 0 saturated heterocycles. The van der Waals surface area contributed by atoms with E-state index in [0.29, 0.717) is 21.8 Å². The van der Waals surface area contributed by atoms with Gasteiger partial charge >= 0.3 is 0 Å². The third kappa shape index (κ3) is 2.49. The number of anilines is 1. The van der Waals surface area contributed by atoms with Crippen molar-refractivity contribution < 1.29 is 9.13 Å². The summed E-state index contributed by atoms with van der Waals surface area (Å²) in [5, 5.41) is 0. The summed E-state index contributed by atoms with van der Waals surface area (Å²) in [6.07, 6.45) is 1.54. The minimum Gasteiger partial charge on any atom is -0.438 e. The normalized spacial score (nSPS) is 10.1. The van der Waals surface area contributed by atoms with Crippen molar-refractivity contribution in [2.75, 3.05) is 5.73 Å². The van der Waals surface area contributed by atoms with Gasteiger partial charge in [0.1, 0.15) is 11.6 Å². The van der Waals surface area contributed by atoms with Crippen LogP contribution in [-0.4, -0.2) is 4.98 Å². The van der Waals surface area contributed by atoms with Crippen molar-refractivity contribution >= 4 is 21.6 Å². The largest absolute Gasteiger partial charge is 0.438 e. The number of ether oxygens (including phenoxy) is 1. The number of halogens is 2. The fourth-order valence-electron chi connectivity index (χ4n) is 1.15. The molecule has 0 amide bonds. The molecular weight excluding hydrogens is 275 g/mol. The molecule has 0 atom stereocenters. The Kier molecular flexibility index (Phi) is 3.05. The first-order valence-corrected chi connectivity index (χ1v) is 5.29. The second kappa shape index (κ2) is 4.49. The number of nitrogens with two attached hydrogens (primary N) is 1. The molecule has 3 nitrogen and oxygen atoms in total. The summed E-state index contributed by atoms with van der Waals surface area (Å²) in [7, 11) is 0. The molecule has 0 radical (unpaired) electrons. The fraction of sp³-hybridized carbons (Fsp3) is 0. The van der Waals surface area contributed by atoms with Crippen LogP contribution in [-0.2, 0) is 0 Å². The molecular formula is C11H8BrFN2O. The van der Waals surface area contributed by atoms with E-state index in [2.05, 4.69) is 20.9 Å². The maximum Gasteiger partial charge on any atom is 0.221 e. The zero-order chi connectivity index (χ0) is 11.5. The third-order valence-corrected chi connectivity index (χ3v) is 2.49. The van der Waals surface area contributed by atoms with Crippen LogP contribution in [0.2, 0.25) is 0 Å². The molecule has 82 valence electrons. The Bertz CT molecular complexity index is 519. The van der Waals surface area contributed by atoms with Crippen molar-refractivity contribution in [1.29, 1.82) is 0 Å². The molecule has 1 aromatic heterocycles. The highest BCUT2D eigenvalue weighted by Gasteiger charge is 2.04. The number of pyridine rings is 1. The lowest BCUT2D eigenvalue weighted by molar-refractivity contribution is 0.458. The Morgan fingerprint density at radius 1 is 1.25 bits per heavy atom. The van der Waals surface area contributed by atoms with Crippen LogP contribution < -0.4 is 10.5 Å². The quantitative estimate of drug-likeness (QED) is 0.919. The van der Waals surface area contributed by atoms with Crippen molar-refractivity contribution in [3.63, 3.8) is 0 Å². The minimum absolute atomic E-state index is 0.334. The molecule has 2 rings (SSSR count). The summed E-state index contributed by atoms with van der Waals surface area (Å²) < 4.78 is 18.8. The summed E-state index contributed by atoms with van der Waals surface area (Å²) in [6, 6.07) is 7.40. The average molecular weight is 283 g/mol. The van der Waals surface area contributed by atoms with Gasteiger partial charge in [0.15, 0.2) is 0 Å². The van der Waals surface area contributed by atoms with E-state index in [9.17, 15) is 4.39 Å². The monoisotopic (exact) mass is 282 g/mol. The molecule has 2 N–H and O–H groups in total. The van der Waals surface area contributed by atoms with Gasteiger partial charge in [-0.3, -0.25) is 0 Å². The topological polar surface area (TPSA) is 48.1 Å². The molecule has 2 aromatic rings. The predicted octanol–water partition coefficient (Wildman–Crippen LogP) is 3.36. The molecule has 0 aliphatic rings. The molecule has 16 heavy (non-hydrogen) atoms. The van der Waals surface area contributed by atoms with Gasteiger partial charge in [0.25, 0.3) is 0 Å². The average Bonchev–Trinajstić information content (AvgIpc) is 2.22. The number of hydrogen-bond acceptors (Lipinski definition) is 3. The fourth-order valence-corrected chi connectivity index (χ4v) is 1.58. The van der Waals surface area contributed by atoms with Gasteiger partial charge in [0, 0.05) is 18.0 Å². The molecule has 1 heterocycles. The molecule has 0 aliphatic carbocycles. The van der Waals surface area contributed by atoms with Crippen molar-refractivity contribution in [3.8, 4) is 11.6 Å². The van der Waals surface area contributed by atoms with Crippen LogP contribution in [0.3, 0.4) is 0 Å². The van der Waals surface area contributed by atoms with Crippen molar-refractivity contribution in [3.05, 3.63) is 46.8 Å². The number of benzene rings is 1. The highest BCUT2D eigenvalue weighted by Crippen LogP contribution is 2.29. The van der Waals surface area contributed by atoms with Gasteiger partial charge in [0.2, 0.25) is 5.88 Å². The van der Waals surface area contributed by atoms with Crippen molar-refractivity contribution in [2.24, 2.45) is 0 Å². The summed E-state index contributed by atoms with van der Waals surface area (Å²) in [6.45, 7) is 0. The number of nitrogen functional groups attached to an aromatic ring is 1. The Labute approximate surface area is 100 Å². The third-order valence-electron chi connectivity index (χ3n) is 1.87. The van der Waals surface area contributed by atoms with E-state index in [1.165, 1.54) is 18.2 Å². The Morgan fingerprint density at radius 3 is 2.75 bits per heavy atom. The van der Waals surface area contributed by atoms with Gasteiger partial charge in [-0.2, -0.15) is 0 Å². The SMILES string of the molecule is Nc1ccnc(Oc2ccc(F)cc2Br)c1. The predicted molar refractivity (Wildman–Crippen MR) is 62.8 cm³/mol. The second-order valence-corrected chi connectivity index (χ2v) is 3.96. The lowest BCUT2D eigenvalue weighted by Crippen LogP contribution is -1.91. The smallest absolute Gasteiger partial charge is 0.221 e. The van der Waals surface area contributed by atoms with E-state index < -0.39 is 0 Å². The van der Waals surface area contributed by atoms with E-state index in [1.54, 1.807) is 18.3 Å². The highest BCUT2D eigenvalue weighted by atomic mass is 79.9. The molecule has 0 fully saturated rings. The van der Waals surface area contributed by atoms with Crippen LogP contribution >= 0.6 is 15.9 Å². The number of nitrogens with zero attached hydrogens (tertiary/aromatic N) is 1. The number of hydrogen-bond donors (Lipinski definition) is 1. The zero-order valence-corrected chi connectivity index (χ0v) is 9.74. The maximum atomic E-state index is 12.8. The van der Waals surface area contributed by atoms with Gasteiger partial charge in [-0.05, 0) is 40.2 Å². The Balaban J connectivity index is 2.27. The summed E-state index contributed by atoms with van der Waals surface area (Å²) >= 11 is 3.20. The zero-order valence-electron chi connectivity index (χ0n) is 8.15. The molecule has 0 bridgehead atoms. The highest BCUT2D eigenvalue weighted by molar-refractivity contribution is 9.10. The molecule has 1 aromatic carbocycles. The first-order valence-electron chi connectivity index (χ1n) is 4.49. The molecule has 0 unspecified atom stereocenters. The summed E-state index contributed by atoms with van der Waals surface area (Å²) in [5.74, 6) is 0.520.